The van der Waals surface area contributed by atoms with Gasteiger partial charge < -0.3 is 9.29 Å². The van der Waals surface area contributed by atoms with Crippen molar-refractivity contribution < 1.29 is 13.7 Å². The molecule has 0 N–H and O–H groups in total. The molecule has 1 rings (SSSR count). The minimum absolute atomic E-state index is 0.0256. The molecule has 1 atom stereocenters. The minimum Gasteiger partial charge on any atom is -0.591 e. The third kappa shape index (κ3) is 2.93. The van der Waals surface area contributed by atoms with Crippen LogP contribution in [-0.2, 0) is 16.1 Å². The van der Waals surface area contributed by atoms with Crippen molar-refractivity contribution in [3.8, 4) is 0 Å². The topological polar surface area (TPSA) is 44.7 Å². The van der Waals surface area contributed by atoms with Crippen molar-refractivity contribution in [2.75, 3.05) is 13.2 Å². The molecule has 1 fully saturated rings. The van der Waals surface area contributed by atoms with Gasteiger partial charge in [-0.3, -0.25) is 0 Å². The highest BCUT2D eigenvalue weighted by atomic mass is 32.2. The lowest BCUT2D eigenvalue weighted by molar-refractivity contribution is -0.0839. The van der Waals surface area contributed by atoms with Crippen LogP contribution in [0.2, 0.25) is 0 Å². The molecule has 1 aliphatic rings. The van der Waals surface area contributed by atoms with E-state index in [-0.39, 0.29) is 13.2 Å². The van der Waals surface area contributed by atoms with Crippen LogP contribution in [0.5, 0.6) is 0 Å². The van der Waals surface area contributed by atoms with Crippen LogP contribution in [0.15, 0.2) is 4.40 Å². The first-order chi connectivity index (χ1) is 5.83. The predicted molar refractivity (Wildman–Crippen MR) is 51.0 cm³/mol. The summed E-state index contributed by atoms with van der Waals surface area (Å²) in [7, 11) is 0. The Bertz CT molecular complexity index is 211. The van der Waals surface area contributed by atoms with Crippen LogP contribution < -0.4 is 0 Å². The number of alkyl halides is 1. The fraction of sp³-hybridized carbons (Fsp3) is 0.875. The van der Waals surface area contributed by atoms with Gasteiger partial charge in [-0.25, -0.2) is 4.39 Å². The van der Waals surface area contributed by atoms with Crippen LogP contribution in [0, 0.1) is 0 Å². The Morgan fingerprint density at radius 2 is 2.08 bits per heavy atom. The average molecular weight is 207 g/mol. The number of hydrogen-bond acceptors (Lipinski definition) is 3. The summed E-state index contributed by atoms with van der Waals surface area (Å²) in [6.45, 7) is 5.43. The van der Waals surface area contributed by atoms with E-state index in [9.17, 15) is 8.94 Å². The maximum Gasteiger partial charge on any atom is 0.196 e. The molecule has 1 aliphatic heterocycles. The van der Waals surface area contributed by atoms with Gasteiger partial charge in [0.2, 0.25) is 0 Å². The van der Waals surface area contributed by atoms with Gasteiger partial charge >= 0.3 is 0 Å². The first-order valence-corrected chi connectivity index (χ1v) is 5.18. The van der Waals surface area contributed by atoms with Crippen molar-refractivity contribution in [1.29, 1.82) is 0 Å². The molecule has 0 spiro atoms. The molecule has 5 heteroatoms. The Hall–Kier alpha value is -0.130. The second-order valence-corrected chi connectivity index (χ2v) is 6.06. The molecule has 1 heterocycles. The third-order valence-electron chi connectivity index (χ3n) is 1.59. The van der Waals surface area contributed by atoms with Gasteiger partial charge in [0.1, 0.15) is 16.1 Å². The first kappa shape index (κ1) is 10.9. The molecule has 0 bridgehead atoms. The Morgan fingerprint density at radius 3 is 2.38 bits per heavy atom. The molecule has 76 valence electrons. The van der Waals surface area contributed by atoms with E-state index in [4.69, 9.17) is 4.74 Å². The summed E-state index contributed by atoms with van der Waals surface area (Å²) < 4.78 is 32.5. The molecular weight excluding hydrogens is 193 g/mol. The second-order valence-electron chi connectivity index (χ2n) is 4.12. The van der Waals surface area contributed by atoms with Crippen LogP contribution in [0.25, 0.3) is 0 Å². The fourth-order valence-electron chi connectivity index (χ4n) is 0.672. The molecule has 0 amide bonds. The van der Waals surface area contributed by atoms with Crippen LogP contribution in [0.3, 0.4) is 0 Å². The summed E-state index contributed by atoms with van der Waals surface area (Å²) in [5.41, 5.74) is -1.49. The van der Waals surface area contributed by atoms with E-state index in [1.165, 1.54) is 0 Å². The Morgan fingerprint density at radius 1 is 1.54 bits per heavy atom. The lowest BCUT2D eigenvalue weighted by atomic mass is 10.1. The van der Waals surface area contributed by atoms with E-state index in [1.807, 2.05) is 0 Å². The summed E-state index contributed by atoms with van der Waals surface area (Å²) in [5, 5.41) is 0. The first-order valence-electron chi connectivity index (χ1n) is 4.07. The van der Waals surface area contributed by atoms with E-state index >= 15 is 0 Å². The zero-order valence-electron chi connectivity index (χ0n) is 8.04. The maximum absolute atomic E-state index is 13.2. The summed E-state index contributed by atoms with van der Waals surface area (Å²) in [6, 6.07) is 0. The van der Waals surface area contributed by atoms with Crippen LogP contribution in [0.1, 0.15) is 20.8 Å². The van der Waals surface area contributed by atoms with Crippen molar-refractivity contribution in [2.24, 2.45) is 4.40 Å². The zero-order valence-corrected chi connectivity index (χ0v) is 8.86. The van der Waals surface area contributed by atoms with Crippen LogP contribution in [-0.4, -0.2) is 34.4 Å². The van der Waals surface area contributed by atoms with Crippen molar-refractivity contribution in [3.63, 3.8) is 0 Å². The van der Waals surface area contributed by atoms with Crippen molar-refractivity contribution in [1.82, 2.24) is 0 Å². The molecule has 13 heavy (non-hydrogen) atoms. The lowest BCUT2D eigenvalue weighted by Crippen LogP contribution is -2.47. The van der Waals surface area contributed by atoms with Crippen molar-refractivity contribution >= 4 is 17.6 Å². The Kier molecular flexibility index (Phi) is 2.99. The zero-order chi connectivity index (χ0) is 10.1. The Balaban J connectivity index is 2.48. The summed E-state index contributed by atoms with van der Waals surface area (Å²) >= 11 is -1.38. The molecule has 1 unspecified atom stereocenters. The number of nitrogens with zero attached hydrogens (tertiary/aromatic N) is 1. The number of hydrogen-bond donors (Lipinski definition) is 0. The van der Waals surface area contributed by atoms with Gasteiger partial charge in [-0.05, 0) is 20.8 Å². The summed E-state index contributed by atoms with van der Waals surface area (Å²) in [4.78, 5) is 0. The molecule has 0 aliphatic carbocycles. The van der Waals surface area contributed by atoms with E-state index in [2.05, 4.69) is 4.40 Å². The number of halogens is 1. The Labute approximate surface area is 80.7 Å². The highest BCUT2D eigenvalue weighted by Gasteiger charge is 2.39. The fourth-order valence-corrected chi connectivity index (χ4v) is 1.27. The van der Waals surface area contributed by atoms with Gasteiger partial charge in [-0.2, -0.15) is 0 Å². The van der Waals surface area contributed by atoms with Gasteiger partial charge in [-0.15, -0.1) is 0 Å². The molecule has 1 saturated heterocycles. The van der Waals surface area contributed by atoms with E-state index in [0.717, 1.165) is 6.21 Å². The third-order valence-corrected chi connectivity index (χ3v) is 2.93. The highest BCUT2D eigenvalue weighted by molar-refractivity contribution is 7.91. The van der Waals surface area contributed by atoms with E-state index in [1.54, 1.807) is 20.8 Å². The highest BCUT2D eigenvalue weighted by Crippen LogP contribution is 2.22. The standard InChI is InChI=1S/C8H14FNO2S/c1-7(2,3)13(11)10-4-8(9)5-12-6-8/h4H,5-6H2,1-3H3/b10-4+. The quantitative estimate of drug-likeness (QED) is 0.505. The maximum atomic E-state index is 13.2. The smallest absolute Gasteiger partial charge is 0.196 e. The van der Waals surface area contributed by atoms with Crippen LogP contribution >= 0.6 is 0 Å². The van der Waals surface area contributed by atoms with E-state index < -0.39 is 21.8 Å². The molecule has 0 radical (unpaired) electrons. The second kappa shape index (κ2) is 3.55. The van der Waals surface area contributed by atoms with E-state index in [0.29, 0.717) is 0 Å². The average Bonchev–Trinajstić information content (AvgIpc) is 1.94. The minimum atomic E-state index is -1.49. The summed E-state index contributed by atoms with van der Waals surface area (Å²) in [5.74, 6) is 0. The normalized spacial score (nSPS) is 24.4. The lowest BCUT2D eigenvalue weighted by Gasteiger charge is -2.29. The molecule has 0 aromatic heterocycles. The van der Waals surface area contributed by atoms with Crippen molar-refractivity contribution in [3.05, 3.63) is 0 Å². The largest absolute Gasteiger partial charge is 0.591 e. The number of ether oxygens (including phenoxy) is 1. The van der Waals surface area contributed by atoms with Crippen molar-refractivity contribution in [2.45, 2.75) is 31.2 Å². The molecule has 0 aromatic carbocycles. The van der Waals surface area contributed by atoms with Gasteiger partial charge in [0.05, 0.1) is 19.4 Å². The monoisotopic (exact) mass is 207 g/mol. The number of rotatable bonds is 2. The van der Waals surface area contributed by atoms with Gasteiger partial charge in [0.25, 0.3) is 0 Å². The predicted octanol–water partition coefficient (Wildman–Crippen LogP) is 1.26. The molecule has 0 saturated carbocycles. The van der Waals surface area contributed by atoms with Gasteiger partial charge in [-0.1, -0.05) is 4.40 Å². The molecular formula is C8H14FNO2S. The SMILES string of the molecule is CC(C)(C)[S+]([O-])/N=C/C1(F)COC1. The molecule has 0 aromatic rings. The van der Waals surface area contributed by atoms with Gasteiger partial charge in [0, 0.05) is 0 Å². The molecule has 3 nitrogen and oxygen atoms in total. The summed E-state index contributed by atoms with van der Waals surface area (Å²) in [6.07, 6.45) is 1.11. The van der Waals surface area contributed by atoms with Gasteiger partial charge in [0.15, 0.2) is 5.67 Å². The van der Waals surface area contributed by atoms with Crippen LogP contribution in [0.4, 0.5) is 4.39 Å².